The summed E-state index contributed by atoms with van der Waals surface area (Å²) in [4.78, 5) is 6.84. The van der Waals surface area contributed by atoms with E-state index >= 15 is 0 Å². The van der Waals surface area contributed by atoms with Crippen LogP contribution in [-0.4, -0.2) is 27.1 Å². The van der Waals surface area contributed by atoms with Crippen molar-refractivity contribution in [3.63, 3.8) is 0 Å². The average molecular weight is 341 g/mol. The zero-order valence-corrected chi connectivity index (χ0v) is 14.5. The van der Waals surface area contributed by atoms with E-state index in [4.69, 9.17) is 4.52 Å². The van der Waals surface area contributed by atoms with Crippen molar-refractivity contribution in [2.45, 2.75) is 44.2 Å². The van der Waals surface area contributed by atoms with Crippen LogP contribution in [0.4, 0.5) is 4.39 Å². The number of nitrogens with zero attached hydrogens (tertiary/aromatic N) is 3. The van der Waals surface area contributed by atoms with Crippen molar-refractivity contribution in [1.29, 1.82) is 0 Å². The van der Waals surface area contributed by atoms with Gasteiger partial charge in [-0.05, 0) is 43.9 Å². The highest BCUT2D eigenvalue weighted by Crippen LogP contribution is 2.37. The molecule has 2 aromatic rings. The molecule has 0 bridgehead atoms. The molecular formula is C20H24FN3O. The molecule has 0 amide bonds. The van der Waals surface area contributed by atoms with Gasteiger partial charge in [0, 0.05) is 12.0 Å². The molecule has 0 aliphatic carbocycles. The lowest BCUT2D eigenvalue weighted by Crippen LogP contribution is -2.42. The molecular weight excluding hydrogens is 317 g/mol. The maximum atomic E-state index is 13.8. The predicted octanol–water partition coefficient (Wildman–Crippen LogP) is 4.29. The van der Waals surface area contributed by atoms with Crippen LogP contribution in [0, 0.1) is 5.82 Å². The average Bonchev–Trinajstić information content (AvgIpc) is 3.19. The molecule has 1 fully saturated rings. The smallest absolute Gasteiger partial charge is 0.240 e. The Hall–Kier alpha value is -2.27. The summed E-state index contributed by atoms with van der Waals surface area (Å²) >= 11 is 0. The first-order valence-electron chi connectivity index (χ1n) is 8.68. The minimum Gasteiger partial charge on any atom is -0.338 e. The van der Waals surface area contributed by atoms with Gasteiger partial charge in [0.2, 0.25) is 5.89 Å². The highest BCUT2D eigenvalue weighted by molar-refractivity contribution is 5.20. The van der Waals surface area contributed by atoms with Crippen molar-refractivity contribution in [2.24, 2.45) is 0 Å². The van der Waals surface area contributed by atoms with Crippen LogP contribution in [-0.2, 0) is 13.0 Å². The van der Waals surface area contributed by atoms with Crippen molar-refractivity contribution < 1.29 is 8.91 Å². The van der Waals surface area contributed by atoms with E-state index in [1.54, 1.807) is 12.1 Å². The van der Waals surface area contributed by atoms with Crippen molar-refractivity contribution >= 4 is 0 Å². The quantitative estimate of drug-likeness (QED) is 0.672. The first kappa shape index (κ1) is 17.5. The first-order valence-corrected chi connectivity index (χ1v) is 8.68. The Morgan fingerprint density at radius 1 is 1.24 bits per heavy atom. The number of hydrogen-bond acceptors (Lipinski definition) is 4. The zero-order valence-electron chi connectivity index (χ0n) is 14.5. The van der Waals surface area contributed by atoms with Crippen LogP contribution >= 0.6 is 0 Å². The molecule has 0 atom stereocenters. The minimum absolute atomic E-state index is 0.0453. The normalized spacial score (nSPS) is 16.8. The van der Waals surface area contributed by atoms with Gasteiger partial charge in [0.25, 0.3) is 0 Å². The first-order chi connectivity index (χ1) is 12.2. The predicted molar refractivity (Wildman–Crippen MR) is 95.5 cm³/mol. The van der Waals surface area contributed by atoms with Crippen LogP contribution in [0.25, 0.3) is 0 Å². The summed E-state index contributed by atoms with van der Waals surface area (Å²) in [5.74, 6) is 0.840. The van der Waals surface area contributed by atoms with Crippen molar-refractivity contribution in [1.82, 2.24) is 15.0 Å². The number of hydrogen-bond donors (Lipinski definition) is 0. The van der Waals surface area contributed by atoms with Crippen LogP contribution in [0.1, 0.15) is 43.0 Å². The lowest BCUT2D eigenvalue weighted by atomic mass is 9.88. The fraction of sp³-hybridized carbons (Fsp3) is 0.400. The number of likely N-dealkylation sites (tertiary alicyclic amines) is 1. The summed E-state index contributed by atoms with van der Waals surface area (Å²) in [5, 5.41) is 4.01. The summed E-state index contributed by atoms with van der Waals surface area (Å²) < 4.78 is 19.2. The third kappa shape index (κ3) is 3.87. The summed E-state index contributed by atoms with van der Waals surface area (Å²) in [6, 6.07) is 6.67. The Balaban J connectivity index is 1.71. The van der Waals surface area contributed by atoms with Crippen LogP contribution in [0.15, 0.2) is 54.1 Å². The van der Waals surface area contributed by atoms with E-state index in [1.807, 2.05) is 18.2 Å². The second-order valence-electron chi connectivity index (χ2n) is 6.61. The van der Waals surface area contributed by atoms with E-state index in [1.165, 1.54) is 6.07 Å². The van der Waals surface area contributed by atoms with Crippen LogP contribution in [0.5, 0.6) is 0 Å². The molecule has 4 nitrogen and oxygen atoms in total. The Bertz CT molecular complexity index is 730. The second kappa shape index (κ2) is 7.74. The molecule has 0 radical (unpaired) electrons. The summed E-state index contributed by atoms with van der Waals surface area (Å²) in [5.41, 5.74) is 0.618. The number of benzene rings is 1. The van der Waals surface area contributed by atoms with Gasteiger partial charge in [-0.2, -0.15) is 4.98 Å². The van der Waals surface area contributed by atoms with Crippen molar-refractivity contribution in [3.05, 3.63) is 72.7 Å². The lowest BCUT2D eigenvalue weighted by Gasteiger charge is -2.36. The van der Waals surface area contributed by atoms with Crippen molar-refractivity contribution in [3.8, 4) is 0 Å². The maximum absolute atomic E-state index is 13.8. The monoisotopic (exact) mass is 341 g/mol. The van der Waals surface area contributed by atoms with Crippen LogP contribution in [0.3, 0.4) is 0 Å². The highest BCUT2D eigenvalue weighted by atomic mass is 19.1. The summed E-state index contributed by atoms with van der Waals surface area (Å²) in [7, 11) is 0. The molecule has 0 spiro atoms. The van der Waals surface area contributed by atoms with E-state index in [0.717, 1.165) is 32.2 Å². The van der Waals surface area contributed by atoms with Gasteiger partial charge in [0.15, 0.2) is 5.82 Å². The Kier molecular flexibility index (Phi) is 5.43. The Morgan fingerprint density at radius 3 is 2.72 bits per heavy atom. The van der Waals surface area contributed by atoms with Gasteiger partial charge in [-0.1, -0.05) is 35.5 Å². The third-order valence-electron chi connectivity index (χ3n) is 4.93. The van der Waals surface area contributed by atoms with E-state index in [0.29, 0.717) is 30.2 Å². The van der Waals surface area contributed by atoms with Gasteiger partial charge in [-0.3, -0.25) is 4.90 Å². The molecule has 1 saturated heterocycles. The minimum atomic E-state index is -0.246. The van der Waals surface area contributed by atoms with Gasteiger partial charge >= 0.3 is 0 Å². The van der Waals surface area contributed by atoms with E-state index in [2.05, 4.69) is 28.2 Å². The van der Waals surface area contributed by atoms with Gasteiger partial charge < -0.3 is 4.52 Å². The molecule has 0 unspecified atom stereocenters. The molecule has 1 aromatic heterocycles. The molecule has 2 heterocycles. The van der Waals surface area contributed by atoms with E-state index < -0.39 is 0 Å². The second-order valence-corrected chi connectivity index (χ2v) is 6.61. The SMILES string of the molecule is C=CCC1(CC=C)CCCN1Cc1nc(Cc2ccccc2F)no1. The van der Waals surface area contributed by atoms with Gasteiger partial charge in [-0.25, -0.2) is 4.39 Å². The van der Waals surface area contributed by atoms with E-state index in [-0.39, 0.29) is 11.4 Å². The number of halogens is 1. The topological polar surface area (TPSA) is 42.2 Å². The molecule has 25 heavy (non-hydrogen) atoms. The molecule has 1 aliphatic rings. The summed E-state index contributed by atoms with van der Waals surface area (Å²) in [6.07, 6.45) is 8.35. The van der Waals surface area contributed by atoms with Crippen LogP contribution < -0.4 is 0 Å². The Labute approximate surface area is 148 Å². The van der Waals surface area contributed by atoms with Gasteiger partial charge in [0.05, 0.1) is 6.54 Å². The molecule has 3 rings (SSSR count). The highest BCUT2D eigenvalue weighted by Gasteiger charge is 2.39. The zero-order chi connectivity index (χ0) is 17.7. The molecule has 132 valence electrons. The molecule has 0 saturated carbocycles. The maximum Gasteiger partial charge on any atom is 0.240 e. The van der Waals surface area contributed by atoms with Crippen molar-refractivity contribution in [2.75, 3.05) is 6.54 Å². The molecule has 5 heteroatoms. The molecule has 1 aliphatic heterocycles. The van der Waals surface area contributed by atoms with Gasteiger partial charge in [-0.15, -0.1) is 13.2 Å². The standard InChI is InChI=1S/C20H24FN3O/c1-3-10-20(11-4-2)12-7-13-24(20)15-19-22-18(23-25-19)14-16-8-5-6-9-17(16)21/h3-6,8-9H,1-2,7,10-15H2. The summed E-state index contributed by atoms with van der Waals surface area (Å²) in [6.45, 7) is 9.40. The Morgan fingerprint density at radius 2 is 2.00 bits per heavy atom. The fourth-order valence-electron chi connectivity index (χ4n) is 3.73. The number of aromatic nitrogens is 2. The lowest BCUT2D eigenvalue weighted by molar-refractivity contribution is 0.117. The van der Waals surface area contributed by atoms with Gasteiger partial charge in [0.1, 0.15) is 5.82 Å². The third-order valence-corrected chi connectivity index (χ3v) is 4.93. The molecule has 0 N–H and O–H groups in total. The largest absolute Gasteiger partial charge is 0.338 e. The van der Waals surface area contributed by atoms with Crippen LogP contribution in [0.2, 0.25) is 0 Å². The number of rotatable bonds is 8. The molecule has 1 aromatic carbocycles. The fourth-order valence-corrected chi connectivity index (χ4v) is 3.73. The van der Waals surface area contributed by atoms with E-state index in [9.17, 15) is 4.39 Å².